The number of carbonyl (C=O) groups is 2. The van der Waals surface area contributed by atoms with Gasteiger partial charge in [0, 0.05) is 48.5 Å². The van der Waals surface area contributed by atoms with Gasteiger partial charge < -0.3 is 15.1 Å². The number of hydrogen-bond acceptors (Lipinski definition) is 4. The van der Waals surface area contributed by atoms with Crippen LogP contribution >= 0.6 is 11.3 Å². The maximum atomic E-state index is 12.9. The molecule has 2 amide bonds. The standard InChI is InChI=1S/C24H22F3N3O2S/c25-24(26,27)17-6-7-20-16(10-17)11-21(33-20)23(32)30-13-19(14-30)28-18-8-9-29(12-18)22(31)15-4-2-1-3-5-15/h1-7,10-11,18-19,28H,8-9,12-14H2/t18-/m0/s1. The normalized spacial score (nSPS) is 19.2. The SMILES string of the molecule is O=C(c1ccccc1)N1CC[C@H](NC2CN(C(=O)c3cc4cc(C(F)(F)F)ccc4s3)C2)C1. The van der Waals surface area contributed by atoms with Crippen molar-refractivity contribution in [2.24, 2.45) is 0 Å². The van der Waals surface area contributed by atoms with E-state index in [4.69, 9.17) is 0 Å². The molecule has 5 nitrogen and oxygen atoms in total. The first-order chi connectivity index (χ1) is 15.8. The van der Waals surface area contributed by atoms with Crippen molar-refractivity contribution < 1.29 is 22.8 Å². The van der Waals surface area contributed by atoms with E-state index in [2.05, 4.69) is 5.32 Å². The number of carbonyl (C=O) groups excluding carboxylic acids is 2. The molecule has 2 fully saturated rings. The molecule has 172 valence electrons. The van der Waals surface area contributed by atoms with Crippen LogP contribution in [0.1, 0.15) is 32.0 Å². The molecule has 2 aliphatic rings. The number of rotatable bonds is 4. The van der Waals surface area contributed by atoms with E-state index < -0.39 is 11.7 Å². The molecule has 9 heteroatoms. The molecule has 1 aromatic heterocycles. The van der Waals surface area contributed by atoms with Crippen molar-refractivity contribution in [3.8, 4) is 0 Å². The van der Waals surface area contributed by atoms with Crippen molar-refractivity contribution in [2.75, 3.05) is 26.2 Å². The van der Waals surface area contributed by atoms with E-state index in [0.29, 0.717) is 46.7 Å². The van der Waals surface area contributed by atoms with Gasteiger partial charge in [-0.15, -0.1) is 11.3 Å². The average Bonchev–Trinajstić information content (AvgIpc) is 3.41. The molecule has 33 heavy (non-hydrogen) atoms. The van der Waals surface area contributed by atoms with Crippen LogP contribution in [0.4, 0.5) is 13.2 Å². The van der Waals surface area contributed by atoms with Gasteiger partial charge in [-0.1, -0.05) is 18.2 Å². The maximum absolute atomic E-state index is 12.9. The van der Waals surface area contributed by atoms with Crippen molar-refractivity contribution in [1.82, 2.24) is 15.1 Å². The molecule has 0 bridgehead atoms. The lowest BCUT2D eigenvalue weighted by molar-refractivity contribution is -0.137. The van der Waals surface area contributed by atoms with Crippen molar-refractivity contribution in [2.45, 2.75) is 24.7 Å². The Morgan fingerprint density at radius 1 is 0.909 bits per heavy atom. The van der Waals surface area contributed by atoms with E-state index in [1.54, 1.807) is 11.0 Å². The van der Waals surface area contributed by atoms with E-state index in [1.807, 2.05) is 35.2 Å². The second-order valence-electron chi connectivity index (χ2n) is 8.54. The van der Waals surface area contributed by atoms with E-state index in [0.717, 1.165) is 18.6 Å². The quantitative estimate of drug-likeness (QED) is 0.617. The number of hydrogen-bond donors (Lipinski definition) is 1. The van der Waals surface area contributed by atoms with Crippen LogP contribution in [0.2, 0.25) is 0 Å². The molecule has 2 aromatic carbocycles. The number of nitrogens with one attached hydrogen (secondary N) is 1. The first-order valence-corrected chi connectivity index (χ1v) is 11.6. The lowest BCUT2D eigenvalue weighted by atomic mass is 10.1. The van der Waals surface area contributed by atoms with Gasteiger partial charge in [0.15, 0.2) is 0 Å². The van der Waals surface area contributed by atoms with E-state index >= 15 is 0 Å². The first kappa shape index (κ1) is 21.9. The first-order valence-electron chi connectivity index (χ1n) is 10.8. The van der Waals surface area contributed by atoms with Gasteiger partial charge in [-0.3, -0.25) is 9.59 Å². The van der Waals surface area contributed by atoms with Crippen LogP contribution in [0.25, 0.3) is 10.1 Å². The summed E-state index contributed by atoms with van der Waals surface area (Å²) in [6, 6.07) is 14.7. The third-order valence-electron chi connectivity index (χ3n) is 6.19. The monoisotopic (exact) mass is 473 g/mol. The zero-order chi connectivity index (χ0) is 23.2. The number of halogens is 3. The highest BCUT2D eigenvalue weighted by Crippen LogP contribution is 2.34. The molecule has 0 aliphatic carbocycles. The molecule has 0 radical (unpaired) electrons. The highest BCUT2D eigenvalue weighted by Gasteiger charge is 2.36. The van der Waals surface area contributed by atoms with Crippen LogP contribution in [-0.4, -0.2) is 59.9 Å². The van der Waals surface area contributed by atoms with Gasteiger partial charge >= 0.3 is 6.18 Å². The second kappa shape index (κ2) is 8.46. The highest BCUT2D eigenvalue weighted by molar-refractivity contribution is 7.20. The Morgan fingerprint density at radius 3 is 2.36 bits per heavy atom. The molecule has 3 heterocycles. The third-order valence-corrected chi connectivity index (χ3v) is 7.29. The number of amides is 2. The van der Waals surface area contributed by atoms with Gasteiger partial charge in [-0.2, -0.15) is 13.2 Å². The fourth-order valence-corrected chi connectivity index (χ4v) is 5.42. The number of likely N-dealkylation sites (tertiary alicyclic amines) is 2. The van der Waals surface area contributed by atoms with E-state index in [9.17, 15) is 22.8 Å². The van der Waals surface area contributed by atoms with Gasteiger partial charge in [0.2, 0.25) is 0 Å². The Bertz CT molecular complexity index is 1190. The fourth-order valence-electron chi connectivity index (χ4n) is 4.41. The van der Waals surface area contributed by atoms with Crippen molar-refractivity contribution in [3.05, 3.63) is 70.6 Å². The Labute approximate surface area is 192 Å². The van der Waals surface area contributed by atoms with Gasteiger partial charge in [0.25, 0.3) is 11.8 Å². The molecule has 1 atom stereocenters. The van der Waals surface area contributed by atoms with Gasteiger partial charge in [-0.25, -0.2) is 0 Å². The summed E-state index contributed by atoms with van der Waals surface area (Å²) in [5.41, 5.74) is -0.0272. The zero-order valence-corrected chi connectivity index (χ0v) is 18.5. The van der Waals surface area contributed by atoms with Crippen LogP contribution in [0.15, 0.2) is 54.6 Å². The summed E-state index contributed by atoms with van der Waals surface area (Å²) in [7, 11) is 0. The van der Waals surface area contributed by atoms with Crippen LogP contribution in [-0.2, 0) is 6.18 Å². The fraction of sp³-hybridized carbons (Fsp3) is 0.333. The number of nitrogens with zero attached hydrogens (tertiary/aromatic N) is 2. The topological polar surface area (TPSA) is 52.7 Å². The molecule has 2 aliphatic heterocycles. The zero-order valence-electron chi connectivity index (χ0n) is 17.6. The van der Waals surface area contributed by atoms with E-state index in [1.165, 1.54) is 17.4 Å². The average molecular weight is 474 g/mol. The van der Waals surface area contributed by atoms with Crippen molar-refractivity contribution in [3.63, 3.8) is 0 Å². The van der Waals surface area contributed by atoms with Crippen LogP contribution in [0.3, 0.4) is 0 Å². The molecule has 5 rings (SSSR count). The van der Waals surface area contributed by atoms with E-state index in [-0.39, 0.29) is 23.9 Å². The Hall–Kier alpha value is -2.91. The van der Waals surface area contributed by atoms with Gasteiger partial charge in [-0.05, 0) is 48.2 Å². The maximum Gasteiger partial charge on any atom is 0.416 e. The molecular formula is C24H22F3N3O2S. The summed E-state index contributed by atoms with van der Waals surface area (Å²) in [4.78, 5) is 29.4. The molecule has 1 N–H and O–H groups in total. The molecule has 2 saturated heterocycles. The van der Waals surface area contributed by atoms with Crippen LogP contribution in [0.5, 0.6) is 0 Å². The highest BCUT2D eigenvalue weighted by atomic mass is 32.1. The molecule has 0 saturated carbocycles. The minimum absolute atomic E-state index is 0.0313. The predicted octanol–water partition coefficient (Wildman–Crippen LogP) is 4.25. The Kier molecular flexibility index (Phi) is 5.62. The minimum atomic E-state index is -4.40. The van der Waals surface area contributed by atoms with Crippen LogP contribution in [0, 0.1) is 0 Å². The summed E-state index contributed by atoms with van der Waals surface area (Å²) >= 11 is 1.21. The summed E-state index contributed by atoms with van der Waals surface area (Å²) in [5, 5.41) is 3.96. The molecular weight excluding hydrogens is 451 g/mol. The summed E-state index contributed by atoms with van der Waals surface area (Å²) in [6.45, 7) is 2.42. The summed E-state index contributed by atoms with van der Waals surface area (Å²) in [6.07, 6.45) is -3.54. The Morgan fingerprint density at radius 2 is 1.64 bits per heavy atom. The minimum Gasteiger partial charge on any atom is -0.337 e. The largest absolute Gasteiger partial charge is 0.416 e. The summed E-state index contributed by atoms with van der Waals surface area (Å²) < 4.78 is 39.5. The number of thiophene rings is 1. The summed E-state index contributed by atoms with van der Waals surface area (Å²) in [5.74, 6) is -0.126. The molecule has 3 aromatic rings. The Balaban J connectivity index is 1.14. The number of benzene rings is 2. The molecule has 0 unspecified atom stereocenters. The number of fused-ring (bicyclic) bond motifs is 1. The molecule has 0 spiro atoms. The smallest absolute Gasteiger partial charge is 0.337 e. The predicted molar refractivity (Wildman–Crippen MR) is 120 cm³/mol. The lowest BCUT2D eigenvalue weighted by Crippen LogP contribution is -2.61. The van der Waals surface area contributed by atoms with Crippen molar-refractivity contribution in [1.29, 1.82) is 0 Å². The second-order valence-corrected chi connectivity index (χ2v) is 9.62. The number of alkyl halides is 3. The lowest BCUT2D eigenvalue weighted by Gasteiger charge is -2.40. The van der Waals surface area contributed by atoms with Gasteiger partial charge in [0.05, 0.1) is 10.4 Å². The van der Waals surface area contributed by atoms with Crippen LogP contribution < -0.4 is 5.32 Å². The van der Waals surface area contributed by atoms with Crippen molar-refractivity contribution >= 4 is 33.2 Å². The third kappa shape index (κ3) is 4.47. The van der Waals surface area contributed by atoms with Gasteiger partial charge in [0.1, 0.15) is 0 Å².